The molecule has 1 aliphatic carbocycles. The molecule has 164 valence electrons. The number of thioether (sulfide) groups is 1. The molecule has 0 radical (unpaired) electrons. The van der Waals surface area contributed by atoms with Crippen LogP contribution in [0.1, 0.15) is 49.9 Å². The van der Waals surface area contributed by atoms with Gasteiger partial charge >= 0.3 is 0 Å². The van der Waals surface area contributed by atoms with Gasteiger partial charge in [0, 0.05) is 29.9 Å². The standard InChI is InChI=1S/C20H28N4O3S3/c1-14(2)11-23(16-7-9-30(26,27)13-16)19(25)12-29-20-22-21-18(24(20)15-5-6-15)10-17-4-3-8-28-17/h3-4,8,14-16H,5-7,9-13H2,1-2H3. The summed E-state index contributed by atoms with van der Waals surface area (Å²) < 4.78 is 26.1. The number of aromatic nitrogens is 3. The zero-order chi connectivity index (χ0) is 21.3. The minimum Gasteiger partial charge on any atom is -0.338 e. The van der Waals surface area contributed by atoms with Crippen LogP contribution in [-0.2, 0) is 21.1 Å². The smallest absolute Gasteiger partial charge is 0.233 e. The first-order chi connectivity index (χ1) is 14.3. The van der Waals surface area contributed by atoms with Crippen LogP contribution in [0.5, 0.6) is 0 Å². The van der Waals surface area contributed by atoms with Gasteiger partial charge in [-0.3, -0.25) is 4.79 Å². The average Bonchev–Trinajstić information content (AvgIpc) is 3.08. The van der Waals surface area contributed by atoms with Crippen LogP contribution in [-0.4, -0.2) is 63.8 Å². The van der Waals surface area contributed by atoms with Crippen LogP contribution in [0.3, 0.4) is 0 Å². The summed E-state index contributed by atoms with van der Waals surface area (Å²) in [5, 5.41) is 11.7. The lowest BCUT2D eigenvalue weighted by atomic mass is 10.1. The molecule has 0 bridgehead atoms. The molecule has 2 aromatic rings. The van der Waals surface area contributed by atoms with Crippen molar-refractivity contribution in [3.8, 4) is 0 Å². The molecule has 2 aromatic heterocycles. The van der Waals surface area contributed by atoms with Gasteiger partial charge in [-0.2, -0.15) is 0 Å². The summed E-state index contributed by atoms with van der Waals surface area (Å²) in [5.74, 6) is 1.74. The van der Waals surface area contributed by atoms with E-state index in [4.69, 9.17) is 0 Å². The highest BCUT2D eigenvalue weighted by Gasteiger charge is 2.35. The van der Waals surface area contributed by atoms with Crippen molar-refractivity contribution in [1.29, 1.82) is 0 Å². The Morgan fingerprint density at radius 3 is 2.73 bits per heavy atom. The van der Waals surface area contributed by atoms with Gasteiger partial charge in [0.05, 0.1) is 17.3 Å². The van der Waals surface area contributed by atoms with Gasteiger partial charge in [0.2, 0.25) is 5.91 Å². The number of sulfone groups is 1. The van der Waals surface area contributed by atoms with Gasteiger partial charge in [0.1, 0.15) is 5.82 Å². The molecule has 4 rings (SSSR count). The molecule has 1 unspecified atom stereocenters. The van der Waals surface area contributed by atoms with Gasteiger partial charge in [-0.15, -0.1) is 21.5 Å². The summed E-state index contributed by atoms with van der Waals surface area (Å²) in [6.07, 6.45) is 3.54. The molecule has 0 spiro atoms. The van der Waals surface area contributed by atoms with Gasteiger partial charge in [0.25, 0.3) is 0 Å². The Morgan fingerprint density at radius 1 is 1.33 bits per heavy atom. The van der Waals surface area contributed by atoms with E-state index >= 15 is 0 Å². The summed E-state index contributed by atoms with van der Waals surface area (Å²) in [4.78, 5) is 16.1. The lowest BCUT2D eigenvalue weighted by molar-refractivity contribution is -0.130. The van der Waals surface area contributed by atoms with Crippen molar-refractivity contribution in [2.75, 3.05) is 23.8 Å². The number of carbonyl (C=O) groups excluding carboxylic acids is 1. The zero-order valence-corrected chi connectivity index (χ0v) is 19.8. The molecule has 3 heterocycles. The second-order valence-electron chi connectivity index (χ2n) is 8.54. The van der Waals surface area contributed by atoms with Gasteiger partial charge < -0.3 is 9.47 Å². The summed E-state index contributed by atoms with van der Waals surface area (Å²) >= 11 is 3.13. The van der Waals surface area contributed by atoms with Crippen molar-refractivity contribution in [2.24, 2.45) is 5.92 Å². The monoisotopic (exact) mass is 468 g/mol. The zero-order valence-electron chi connectivity index (χ0n) is 17.4. The Kier molecular flexibility index (Phi) is 6.55. The number of rotatable bonds is 9. The lowest BCUT2D eigenvalue weighted by Gasteiger charge is -2.29. The number of nitrogens with zero attached hydrogens (tertiary/aromatic N) is 4. The maximum absolute atomic E-state index is 13.1. The summed E-state index contributed by atoms with van der Waals surface area (Å²) in [6.45, 7) is 4.69. The normalized spacial score (nSPS) is 20.7. The van der Waals surface area contributed by atoms with Crippen LogP contribution >= 0.6 is 23.1 Å². The molecule has 30 heavy (non-hydrogen) atoms. The third-order valence-electron chi connectivity index (χ3n) is 5.42. The highest BCUT2D eigenvalue weighted by Crippen LogP contribution is 2.39. The number of amides is 1. The molecule has 1 saturated carbocycles. The van der Waals surface area contributed by atoms with Crippen molar-refractivity contribution in [2.45, 2.75) is 56.8 Å². The van der Waals surface area contributed by atoms with E-state index in [1.165, 1.54) is 16.6 Å². The lowest BCUT2D eigenvalue weighted by Crippen LogP contribution is -2.44. The number of hydrogen-bond donors (Lipinski definition) is 0. The Morgan fingerprint density at radius 2 is 2.13 bits per heavy atom. The van der Waals surface area contributed by atoms with Crippen LogP contribution < -0.4 is 0 Å². The molecule has 7 nitrogen and oxygen atoms in total. The van der Waals surface area contributed by atoms with Gasteiger partial charge in [-0.1, -0.05) is 31.7 Å². The van der Waals surface area contributed by atoms with Crippen LogP contribution in [0, 0.1) is 5.92 Å². The minimum atomic E-state index is -3.03. The second-order valence-corrected chi connectivity index (χ2v) is 12.7. The number of thiophene rings is 1. The fourth-order valence-corrected chi connectivity index (χ4v) is 7.22. The highest BCUT2D eigenvalue weighted by atomic mass is 32.2. The maximum atomic E-state index is 13.1. The first-order valence-electron chi connectivity index (χ1n) is 10.4. The molecule has 2 fully saturated rings. The van der Waals surface area contributed by atoms with Crippen molar-refractivity contribution in [3.05, 3.63) is 28.2 Å². The average molecular weight is 469 g/mol. The molecule has 0 aromatic carbocycles. The number of carbonyl (C=O) groups is 1. The topological polar surface area (TPSA) is 85.2 Å². The van der Waals surface area contributed by atoms with Crippen LogP contribution in [0.4, 0.5) is 0 Å². The Hall–Kier alpha value is -1.39. The molecule has 1 atom stereocenters. The van der Waals surface area contributed by atoms with Crippen LogP contribution in [0.25, 0.3) is 0 Å². The molecule has 0 N–H and O–H groups in total. The predicted octanol–water partition coefficient (Wildman–Crippen LogP) is 3.03. The third kappa shape index (κ3) is 5.26. The first kappa shape index (κ1) is 21.8. The van der Waals surface area contributed by atoms with E-state index in [9.17, 15) is 13.2 Å². The van der Waals surface area contributed by atoms with E-state index in [0.717, 1.165) is 30.2 Å². The highest BCUT2D eigenvalue weighted by molar-refractivity contribution is 7.99. The van der Waals surface area contributed by atoms with Gasteiger partial charge in [-0.25, -0.2) is 8.42 Å². The van der Waals surface area contributed by atoms with Crippen molar-refractivity contribution >= 4 is 38.8 Å². The quantitative estimate of drug-likeness (QED) is 0.526. The second kappa shape index (κ2) is 9.00. The summed E-state index contributed by atoms with van der Waals surface area (Å²) in [6, 6.07) is 4.37. The van der Waals surface area contributed by atoms with E-state index in [-0.39, 0.29) is 35.1 Å². The molecule has 1 amide bonds. The first-order valence-corrected chi connectivity index (χ1v) is 14.1. The minimum absolute atomic E-state index is 0.0130. The predicted molar refractivity (Wildman–Crippen MR) is 120 cm³/mol. The van der Waals surface area contributed by atoms with E-state index in [0.29, 0.717) is 19.0 Å². The summed E-state index contributed by atoms with van der Waals surface area (Å²) in [7, 11) is -3.03. The maximum Gasteiger partial charge on any atom is 0.233 e. The Bertz CT molecular complexity index is 981. The molecular formula is C20H28N4O3S3. The number of hydrogen-bond acceptors (Lipinski definition) is 7. The van der Waals surface area contributed by atoms with Gasteiger partial charge in [-0.05, 0) is 36.6 Å². The third-order valence-corrected chi connectivity index (χ3v) is 8.97. The molecule has 2 aliphatic rings. The molecule has 1 saturated heterocycles. The molecule has 10 heteroatoms. The molecule has 1 aliphatic heterocycles. The van der Waals surface area contributed by atoms with Crippen molar-refractivity contribution in [3.63, 3.8) is 0 Å². The fraction of sp³-hybridized carbons (Fsp3) is 0.650. The molecular weight excluding hydrogens is 440 g/mol. The fourth-order valence-electron chi connectivity index (χ4n) is 3.87. The summed E-state index contributed by atoms with van der Waals surface area (Å²) in [5.41, 5.74) is 0. The van der Waals surface area contributed by atoms with Crippen molar-refractivity contribution in [1.82, 2.24) is 19.7 Å². The van der Waals surface area contributed by atoms with Crippen LogP contribution in [0.2, 0.25) is 0 Å². The Balaban J connectivity index is 1.45. The van der Waals surface area contributed by atoms with E-state index in [2.05, 4.69) is 40.1 Å². The van der Waals surface area contributed by atoms with E-state index < -0.39 is 9.84 Å². The largest absolute Gasteiger partial charge is 0.338 e. The van der Waals surface area contributed by atoms with Gasteiger partial charge in [0.15, 0.2) is 15.0 Å². The SMILES string of the molecule is CC(C)CN(C(=O)CSc1nnc(Cc2cccs2)n1C1CC1)C1CCS(=O)(=O)C1. The van der Waals surface area contributed by atoms with E-state index in [1.807, 2.05) is 6.07 Å². The van der Waals surface area contributed by atoms with E-state index in [1.54, 1.807) is 16.2 Å². The Labute approximate surface area is 186 Å². The van der Waals surface area contributed by atoms with Crippen LogP contribution in [0.15, 0.2) is 22.7 Å². The van der Waals surface area contributed by atoms with Crippen molar-refractivity contribution < 1.29 is 13.2 Å².